The molecule has 1 saturated heterocycles. The SMILES string of the molecule is Cc1nn(C)c(CN2CCCC(C(C)C)CC2)c1Br. The van der Waals surface area contributed by atoms with E-state index in [9.17, 15) is 0 Å². The Morgan fingerprint density at radius 2 is 2.05 bits per heavy atom. The lowest BCUT2D eigenvalue weighted by Crippen LogP contribution is -2.26. The number of aromatic nitrogens is 2. The Balaban J connectivity index is 2.00. The van der Waals surface area contributed by atoms with E-state index < -0.39 is 0 Å². The van der Waals surface area contributed by atoms with Gasteiger partial charge >= 0.3 is 0 Å². The third-order valence-corrected chi connectivity index (χ3v) is 5.47. The van der Waals surface area contributed by atoms with Crippen LogP contribution in [0.5, 0.6) is 0 Å². The zero-order valence-electron chi connectivity index (χ0n) is 12.6. The fraction of sp³-hybridized carbons (Fsp3) is 0.800. The Morgan fingerprint density at radius 1 is 1.32 bits per heavy atom. The second-order valence-electron chi connectivity index (χ2n) is 6.18. The molecule has 0 amide bonds. The van der Waals surface area contributed by atoms with Gasteiger partial charge in [-0.25, -0.2) is 0 Å². The van der Waals surface area contributed by atoms with Crippen LogP contribution in [-0.4, -0.2) is 27.8 Å². The Labute approximate surface area is 125 Å². The first kappa shape index (κ1) is 15.0. The van der Waals surface area contributed by atoms with Gasteiger partial charge in [0.25, 0.3) is 0 Å². The fourth-order valence-electron chi connectivity index (χ4n) is 3.07. The highest BCUT2D eigenvalue weighted by Crippen LogP contribution is 2.27. The summed E-state index contributed by atoms with van der Waals surface area (Å²) in [5.41, 5.74) is 2.40. The smallest absolute Gasteiger partial charge is 0.0739 e. The van der Waals surface area contributed by atoms with Crippen molar-refractivity contribution >= 4 is 15.9 Å². The number of hydrogen-bond donors (Lipinski definition) is 0. The highest BCUT2D eigenvalue weighted by Gasteiger charge is 2.21. The van der Waals surface area contributed by atoms with Gasteiger partial charge in [0.15, 0.2) is 0 Å². The summed E-state index contributed by atoms with van der Waals surface area (Å²) < 4.78 is 3.20. The van der Waals surface area contributed by atoms with Gasteiger partial charge in [0.1, 0.15) is 0 Å². The molecule has 0 saturated carbocycles. The summed E-state index contributed by atoms with van der Waals surface area (Å²) in [5.74, 6) is 1.73. The molecule has 108 valence electrons. The molecule has 1 aliphatic heterocycles. The van der Waals surface area contributed by atoms with E-state index in [0.29, 0.717) is 0 Å². The van der Waals surface area contributed by atoms with Crippen molar-refractivity contribution in [1.82, 2.24) is 14.7 Å². The molecule has 0 radical (unpaired) electrons. The number of halogens is 1. The summed E-state index contributed by atoms with van der Waals surface area (Å²) in [6.45, 7) is 10.2. The molecule has 1 atom stereocenters. The molecule has 4 heteroatoms. The van der Waals surface area contributed by atoms with Crippen molar-refractivity contribution in [2.75, 3.05) is 13.1 Å². The fourth-order valence-corrected chi connectivity index (χ4v) is 3.53. The van der Waals surface area contributed by atoms with Crippen molar-refractivity contribution in [2.24, 2.45) is 18.9 Å². The highest BCUT2D eigenvalue weighted by molar-refractivity contribution is 9.10. The molecule has 1 aromatic heterocycles. The molecule has 1 fully saturated rings. The van der Waals surface area contributed by atoms with E-state index in [4.69, 9.17) is 0 Å². The molecule has 0 aromatic carbocycles. The van der Waals surface area contributed by atoms with Crippen molar-refractivity contribution < 1.29 is 0 Å². The molecule has 0 N–H and O–H groups in total. The van der Waals surface area contributed by atoms with E-state index in [2.05, 4.69) is 46.7 Å². The molecule has 1 aliphatic rings. The summed E-state index contributed by atoms with van der Waals surface area (Å²) in [5, 5.41) is 4.49. The first-order chi connectivity index (χ1) is 8.99. The van der Waals surface area contributed by atoms with E-state index in [1.165, 1.54) is 42.5 Å². The standard InChI is InChI=1S/C15H26BrN3/c1-11(2)13-6-5-8-19(9-7-13)10-14-15(16)12(3)17-18(14)4/h11,13H,5-10H2,1-4H3. The van der Waals surface area contributed by atoms with E-state index in [0.717, 1.165) is 24.1 Å². The van der Waals surface area contributed by atoms with Crippen LogP contribution in [0, 0.1) is 18.8 Å². The molecule has 2 rings (SSSR count). The third-order valence-electron chi connectivity index (χ3n) is 4.44. The Hall–Kier alpha value is -0.350. The average molecular weight is 328 g/mol. The summed E-state index contributed by atoms with van der Waals surface area (Å²) in [6, 6.07) is 0. The topological polar surface area (TPSA) is 21.1 Å². The number of aryl methyl sites for hydroxylation is 2. The van der Waals surface area contributed by atoms with Crippen molar-refractivity contribution in [2.45, 2.75) is 46.6 Å². The maximum Gasteiger partial charge on any atom is 0.0739 e. The minimum atomic E-state index is 0.825. The van der Waals surface area contributed by atoms with E-state index in [1.807, 2.05) is 11.7 Å². The third kappa shape index (κ3) is 3.60. The van der Waals surface area contributed by atoms with Gasteiger partial charge in [-0.3, -0.25) is 9.58 Å². The predicted octanol–water partition coefficient (Wildman–Crippen LogP) is 3.75. The largest absolute Gasteiger partial charge is 0.297 e. The van der Waals surface area contributed by atoms with Crippen LogP contribution in [-0.2, 0) is 13.6 Å². The van der Waals surface area contributed by atoms with Crippen molar-refractivity contribution in [3.8, 4) is 0 Å². The number of nitrogens with zero attached hydrogens (tertiary/aromatic N) is 3. The van der Waals surface area contributed by atoms with E-state index in [-0.39, 0.29) is 0 Å². The van der Waals surface area contributed by atoms with Gasteiger partial charge in [-0.15, -0.1) is 0 Å². The molecular weight excluding hydrogens is 302 g/mol. The molecule has 3 nitrogen and oxygen atoms in total. The summed E-state index contributed by atoms with van der Waals surface area (Å²) >= 11 is 3.67. The maximum atomic E-state index is 4.49. The number of hydrogen-bond acceptors (Lipinski definition) is 2. The molecule has 0 bridgehead atoms. The summed E-state index contributed by atoms with van der Waals surface area (Å²) in [7, 11) is 2.04. The second kappa shape index (κ2) is 6.40. The minimum Gasteiger partial charge on any atom is -0.297 e. The normalized spacial score (nSPS) is 21.9. The van der Waals surface area contributed by atoms with Crippen molar-refractivity contribution in [3.05, 3.63) is 15.9 Å². The van der Waals surface area contributed by atoms with Crippen LogP contribution >= 0.6 is 15.9 Å². The van der Waals surface area contributed by atoms with Gasteiger partial charge in [0, 0.05) is 13.6 Å². The van der Waals surface area contributed by atoms with Crippen LogP contribution in [0.3, 0.4) is 0 Å². The molecule has 1 unspecified atom stereocenters. The predicted molar refractivity (Wildman–Crippen MR) is 83.1 cm³/mol. The monoisotopic (exact) mass is 327 g/mol. The lowest BCUT2D eigenvalue weighted by atomic mass is 9.89. The van der Waals surface area contributed by atoms with Crippen molar-refractivity contribution in [1.29, 1.82) is 0 Å². The van der Waals surface area contributed by atoms with Gasteiger partial charge in [-0.05, 0) is 67.0 Å². The van der Waals surface area contributed by atoms with Crippen LogP contribution < -0.4 is 0 Å². The summed E-state index contributed by atoms with van der Waals surface area (Å²) in [4.78, 5) is 2.59. The number of rotatable bonds is 3. The molecule has 0 spiro atoms. The highest BCUT2D eigenvalue weighted by atomic mass is 79.9. The summed E-state index contributed by atoms with van der Waals surface area (Å²) in [6.07, 6.45) is 4.06. The molecular formula is C15H26BrN3. The first-order valence-electron chi connectivity index (χ1n) is 7.39. The maximum absolute atomic E-state index is 4.49. The minimum absolute atomic E-state index is 0.825. The van der Waals surface area contributed by atoms with Crippen LogP contribution in [0.4, 0.5) is 0 Å². The van der Waals surface area contributed by atoms with E-state index >= 15 is 0 Å². The molecule has 0 aliphatic carbocycles. The molecule has 19 heavy (non-hydrogen) atoms. The van der Waals surface area contributed by atoms with Crippen LogP contribution in [0.15, 0.2) is 4.47 Å². The van der Waals surface area contributed by atoms with E-state index in [1.54, 1.807) is 0 Å². The lowest BCUT2D eigenvalue weighted by molar-refractivity contribution is 0.258. The van der Waals surface area contributed by atoms with Crippen LogP contribution in [0.1, 0.15) is 44.5 Å². The van der Waals surface area contributed by atoms with Gasteiger partial charge in [0.05, 0.1) is 15.9 Å². The zero-order chi connectivity index (χ0) is 14.0. The zero-order valence-corrected chi connectivity index (χ0v) is 14.2. The Kier molecular flexibility index (Phi) is 5.07. The first-order valence-corrected chi connectivity index (χ1v) is 8.18. The average Bonchev–Trinajstić information content (AvgIpc) is 2.58. The van der Waals surface area contributed by atoms with Gasteiger partial charge < -0.3 is 0 Å². The second-order valence-corrected chi connectivity index (χ2v) is 6.97. The number of likely N-dealkylation sites (tertiary alicyclic amines) is 1. The quantitative estimate of drug-likeness (QED) is 0.843. The molecule has 2 heterocycles. The Bertz CT molecular complexity index is 425. The van der Waals surface area contributed by atoms with Crippen molar-refractivity contribution in [3.63, 3.8) is 0 Å². The lowest BCUT2D eigenvalue weighted by Gasteiger charge is -2.21. The Morgan fingerprint density at radius 3 is 2.63 bits per heavy atom. The van der Waals surface area contributed by atoms with Crippen LogP contribution in [0.25, 0.3) is 0 Å². The molecule has 1 aromatic rings. The van der Waals surface area contributed by atoms with Gasteiger partial charge in [-0.2, -0.15) is 5.10 Å². The van der Waals surface area contributed by atoms with Gasteiger partial charge in [-0.1, -0.05) is 13.8 Å². The van der Waals surface area contributed by atoms with Crippen LogP contribution in [0.2, 0.25) is 0 Å². The van der Waals surface area contributed by atoms with Gasteiger partial charge in [0.2, 0.25) is 0 Å².